The Kier molecular flexibility index (Phi) is 3.89. The first-order chi connectivity index (χ1) is 6.52. The van der Waals surface area contributed by atoms with Crippen LogP contribution in [0, 0.1) is 5.92 Å². The zero-order valence-corrected chi connectivity index (χ0v) is 9.23. The minimum atomic E-state index is -0.672. The van der Waals surface area contributed by atoms with Crippen molar-refractivity contribution in [3.8, 4) is 0 Å². The molecule has 1 N–H and O–H groups in total. The predicted octanol–water partition coefficient (Wildman–Crippen LogP) is 0.343. The summed E-state index contributed by atoms with van der Waals surface area (Å²) in [5.41, 5.74) is 0. The van der Waals surface area contributed by atoms with Crippen LogP contribution in [0.5, 0.6) is 0 Å². The number of hydrogen-bond acceptors (Lipinski definition) is 3. The Morgan fingerprint density at radius 2 is 1.93 bits per heavy atom. The van der Waals surface area contributed by atoms with Gasteiger partial charge in [0, 0.05) is 13.1 Å². The summed E-state index contributed by atoms with van der Waals surface area (Å²) in [4.78, 5) is 15.0. The minimum absolute atomic E-state index is 0.269. The molecule has 0 aromatic carbocycles. The number of hydrogen-bond donors (Lipinski definition) is 1. The highest BCUT2D eigenvalue weighted by atomic mass is 16.4. The average molecular weight is 200 g/mol. The van der Waals surface area contributed by atoms with E-state index in [1.807, 2.05) is 26.0 Å². The predicted molar refractivity (Wildman–Crippen MR) is 55.3 cm³/mol. The van der Waals surface area contributed by atoms with Crippen LogP contribution in [0.1, 0.15) is 12.8 Å². The third-order valence-corrected chi connectivity index (χ3v) is 2.70. The molecule has 0 aromatic rings. The summed E-state index contributed by atoms with van der Waals surface area (Å²) in [7, 11) is 5.90. The van der Waals surface area contributed by atoms with E-state index in [1.165, 1.54) is 0 Å². The monoisotopic (exact) mass is 200 g/mol. The normalized spacial score (nSPS) is 18.9. The smallest absolute Gasteiger partial charge is 0.321 e. The number of rotatable bonds is 6. The fourth-order valence-electron chi connectivity index (χ4n) is 1.66. The molecule has 1 aliphatic rings. The highest BCUT2D eigenvalue weighted by Crippen LogP contribution is 2.34. The summed E-state index contributed by atoms with van der Waals surface area (Å²) in [5.74, 6) is -0.284. The van der Waals surface area contributed by atoms with Crippen molar-refractivity contribution < 1.29 is 9.90 Å². The van der Waals surface area contributed by atoms with Crippen LogP contribution in [0.25, 0.3) is 0 Å². The molecule has 0 aliphatic heterocycles. The van der Waals surface area contributed by atoms with Gasteiger partial charge in [-0.25, -0.2) is 0 Å². The minimum Gasteiger partial charge on any atom is -0.480 e. The van der Waals surface area contributed by atoms with Gasteiger partial charge < -0.3 is 10.0 Å². The fourth-order valence-corrected chi connectivity index (χ4v) is 1.66. The Hall–Kier alpha value is -0.610. The SMILES string of the molecule is CN(C)CCN(C)C(C(=O)O)C1CC1. The Morgan fingerprint density at radius 3 is 2.29 bits per heavy atom. The summed E-state index contributed by atoms with van der Waals surface area (Å²) >= 11 is 0. The second-order valence-corrected chi connectivity index (χ2v) is 4.40. The molecule has 1 rings (SSSR count). The molecule has 0 radical (unpaired) electrons. The summed E-state index contributed by atoms with van der Waals surface area (Å²) in [6.45, 7) is 1.73. The molecule has 4 nitrogen and oxygen atoms in total. The van der Waals surface area contributed by atoms with E-state index in [0.717, 1.165) is 25.9 Å². The van der Waals surface area contributed by atoms with E-state index in [1.54, 1.807) is 0 Å². The number of carboxylic acid groups (broad SMARTS) is 1. The molecular weight excluding hydrogens is 180 g/mol. The fraction of sp³-hybridized carbons (Fsp3) is 0.900. The van der Waals surface area contributed by atoms with Crippen LogP contribution in [0.2, 0.25) is 0 Å². The Morgan fingerprint density at radius 1 is 1.36 bits per heavy atom. The van der Waals surface area contributed by atoms with Crippen molar-refractivity contribution in [1.82, 2.24) is 9.80 Å². The molecular formula is C10H20N2O2. The third-order valence-electron chi connectivity index (χ3n) is 2.70. The van der Waals surface area contributed by atoms with Gasteiger partial charge >= 0.3 is 5.97 Å². The molecule has 14 heavy (non-hydrogen) atoms. The summed E-state index contributed by atoms with van der Waals surface area (Å²) in [5, 5.41) is 9.06. The van der Waals surface area contributed by atoms with Gasteiger partial charge in [0.05, 0.1) is 0 Å². The maximum absolute atomic E-state index is 11.0. The lowest BCUT2D eigenvalue weighted by Gasteiger charge is -2.25. The molecule has 82 valence electrons. The van der Waals surface area contributed by atoms with Crippen molar-refractivity contribution in [3.05, 3.63) is 0 Å². The van der Waals surface area contributed by atoms with Crippen molar-refractivity contribution >= 4 is 5.97 Å². The highest BCUT2D eigenvalue weighted by molar-refractivity contribution is 5.74. The van der Waals surface area contributed by atoms with Gasteiger partial charge in [-0.2, -0.15) is 0 Å². The first-order valence-corrected chi connectivity index (χ1v) is 5.10. The van der Waals surface area contributed by atoms with Gasteiger partial charge in [0.1, 0.15) is 6.04 Å². The van der Waals surface area contributed by atoms with Crippen LogP contribution in [0.3, 0.4) is 0 Å². The van der Waals surface area contributed by atoms with Crippen LogP contribution in [0.15, 0.2) is 0 Å². The van der Waals surface area contributed by atoms with Crippen molar-refractivity contribution in [2.45, 2.75) is 18.9 Å². The van der Waals surface area contributed by atoms with Gasteiger partial charge in [0.2, 0.25) is 0 Å². The van der Waals surface area contributed by atoms with E-state index in [0.29, 0.717) is 5.92 Å². The largest absolute Gasteiger partial charge is 0.480 e. The van der Waals surface area contributed by atoms with Crippen LogP contribution in [0.4, 0.5) is 0 Å². The van der Waals surface area contributed by atoms with E-state index in [9.17, 15) is 4.79 Å². The van der Waals surface area contributed by atoms with Crippen LogP contribution >= 0.6 is 0 Å². The second kappa shape index (κ2) is 4.75. The zero-order chi connectivity index (χ0) is 10.7. The molecule has 0 spiro atoms. The maximum Gasteiger partial charge on any atom is 0.321 e. The van der Waals surface area contributed by atoms with Gasteiger partial charge in [0.15, 0.2) is 0 Å². The van der Waals surface area contributed by atoms with Crippen LogP contribution in [-0.4, -0.2) is 61.2 Å². The molecule has 0 saturated heterocycles. The van der Waals surface area contributed by atoms with E-state index in [2.05, 4.69) is 4.90 Å². The number of carbonyl (C=O) groups is 1. The lowest BCUT2D eigenvalue weighted by Crippen LogP contribution is -2.43. The van der Waals surface area contributed by atoms with Gasteiger partial charge in [0.25, 0.3) is 0 Å². The molecule has 1 aliphatic carbocycles. The Labute approximate surface area is 85.5 Å². The molecule has 1 fully saturated rings. The molecule has 1 saturated carbocycles. The zero-order valence-electron chi connectivity index (χ0n) is 9.23. The average Bonchev–Trinajstić information content (AvgIpc) is 2.84. The molecule has 1 atom stereocenters. The van der Waals surface area contributed by atoms with Crippen molar-refractivity contribution in [1.29, 1.82) is 0 Å². The standard InChI is InChI=1S/C10H20N2O2/c1-11(2)6-7-12(3)9(10(13)14)8-4-5-8/h8-9H,4-7H2,1-3H3,(H,13,14). The van der Waals surface area contributed by atoms with Crippen LogP contribution < -0.4 is 0 Å². The molecule has 0 aromatic heterocycles. The van der Waals surface area contributed by atoms with Crippen molar-refractivity contribution in [2.75, 3.05) is 34.2 Å². The van der Waals surface area contributed by atoms with Gasteiger partial charge in [-0.15, -0.1) is 0 Å². The van der Waals surface area contributed by atoms with Gasteiger partial charge in [-0.05, 0) is 39.9 Å². The molecule has 1 unspecified atom stereocenters. The van der Waals surface area contributed by atoms with E-state index in [-0.39, 0.29) is 6.04 Å². The number of nitrogens with zero attached hydrogens (tertiary/aromatic N) is 2. The van der Waals surface area contributed by atoms with E-state index < -0.39 is 5.97 Å². The lowest BCUT2D eigenvalue weighted by atomic mass is 10.1. The third kappa shape index (κ3) is 3.27. The highest BCUT2D eigenvalue weighted by Gasteiger charge is 2.38. The number of aliphatic carboxylic acids is 1. The van der Waals surface area contributed by atoms with Crippen molar-refractivity contribution in [2.24, 2.45) is 5.92 Å². The first-order valence-electron chi connectivity index (χ1n) is 5.10. The summed E-state index contributed by atoms with van der Waals surface area (Å²) < 4.78 is 0. The van der Waals surface area contributed by atoms with Gasteiger partial charge in [-0.3, -0.25) is 9.69 Å². The molecule has 0 bridgehead atoms. The number of likely N-dealkylation sites (N-methyl/N-ethyl adjacent to an activating group) is 2. The van der Waals surface area contributed by atoms with Crippen LogP contribution in [-0.2, 0) is 4.79 Å². The quantitative estimate of drug-likeness (QED) is 0.671. The second-order valence-electron chi connectivity index (χ2n) is 4.40. The maximum atomic E-state index is 11.0. The topological polar surface area (TPSA) is 43.8 Å². The first kappa shape index (κ1) is 11.5. The Bertz CT molecular complexity index is 202. The van der Waals surface area contributed by atoms with E-state index >= 15 is 0 Å². The van der Waals surface area contributed by atoms with E-state index in [4.69, 9.17) is 5.11 Å². The Balaban J connectivity index is 2.38. The summed E-state index contributed by atoms with van der Waals surface area (Å²) in [6, 6.07) is -0.269. The number of carboxylic acids is 1. The summed E-state index contributed by atoms with van der Waals surface area (Å²) in [6.07, 6.45) is 2.15. The lowest BCUT2D eigenvalue weighted by molar-refractivity contribution is -0.143. The molecule has 0 amide bonds. The van der Waals surface area contributed by atoms with Crippen molar-refractivity contribution in [3.63, 3.8) is 0 Å². The van der Waals surface area contributed by atoms with Gasteiger partial charge in [-0.1, -0.05) is 0 Å². The molecule has 0 heterocycles. The molecule has 4 heteroatoms.